The van der Waals surface area contributed by atoms with E-state index in [-0.39, 0.29) is 5.91 Å². The van der Waals surface area contributed by atoms with Gasteiger partial charge in [0, 0.05) is 5.69 Å². The number of carbonyl (C=O) groups excluding carboxylic acids is 1. The third-order valence-corrected chi connectivity index (χ3v) is 4.10. The van der Waals surface area contributed by atoms with Crippen molar-refractivity contribution in [3.8, 4) is 11.5 Å². The summed E-state index contributed by atoms with van der Waals surface area (Å²) in [5.74, 6) is 1.41. The molecule has 2 aromatic rings. The van der Waals surface area contributed by atoms with Gasteiger partial charge in [0.2, 0.25) is 0 Å². The molecule has 0 heterocycles. The average molecular weight is 343 g/mol. The summed E-state index contributed by atoms with van der Waals surface area (Å²) < 4.78 is 10.8. The molecule has 0 saturated heterocycles. The van der Waals surface area contributed by atoms with E-state index in [1.165, 1.54) is 5.56 Å². The molecule has 5 nitrogen and oxygen atoms in total. The molecular formula is C20H27N2O3+. The zero-order chi connectivity index (χ0) is 18.4. The lowest BCUT2D eigenvalue weighted by atomic mass is 10.1. The van der Waals surface area contributed by atoms with Gasteiger partial charge in [-0.05, 0) is 37.6 Å². The van der Waals surface area contributed by atoms with E-state index < -0.39 is 0 Å². The molecular weight excluding hydrogens is 316 g/mol. The van der Waals surface area contributed by atoms with Crippen molar-refractivity contribution in [2.24, 2.45) is 0 Å². The van der Waals surface area contributed by atoms with Crippen molar-refractivity contribution in [2.45, 2.75) is 20.4 Å². The second-order valence-corrected chi connectivity index (χ2v) is 6.33. The maximum absolute atomic E-state index is 12.3. The lowest BCUT2D eigenvalue weighted by Crippen LogP contribution is -3.08. The van der Waals surface area contributed by atoms with Gasteiger partial charge in [-0.25, -0.2) is 0 Å². The van der Waals surface area contributed by atoms with Gasteiger partial charge in [0.15, 0.2) is 18.0 Å². The summed E-state index contributed by atoms with van der Waals surface area (Å²) in [6.07, 6.45) is 0. The number of para-hydroxylation sites is 1. The second kappa shape index (κ2) is 8.53. The lowest BCUT2D eigenvalue weighted by molar-refractivity contribution is -0.885. The number of amides is 1. The summed E-state index contributed by atoms with van der Waals surface area (Å²) in [4.78, 5) is 13.4. The van der Waals surface area contributed by atoms with Crippen molar-refractivity contribution in [1.82, 2.24) is 0 Å². The van der Waals surface area contributed by atoms with Crippen molar-refractivity contribution in [2.75, 3.05) is 33.1 Å². The first-order valence-electron chi connectivity index (χ1n) is 8.33. The Bertz CT molecular complexity index is 744. The second-order valence-electron chi connectivity index (χ2n) is 6.33. The topological polar surface area (TPSA) is 52.0 Å². The quantitative estimate of drug-likeness (QED) is 0.808. The highest BCUT2D eigenvalue weighted by atomic mass is 16.5. The number of carbonyl (C=O) groups is 1. The van der Waals surface area contributed by atoms with Gasteiger partial charge in [0.1, 0.15) is 6.54 Å². The van der Waals surface area contributed by atoms with Gasteiger partial charge in [-0.15, -0.1) is 0 Å². The molecule has 0 aliphatic rings. The molecule has 0 spiro atoms. The predicted octanol–water partition coefficient (Wildman–Crippen LogP) is 1.97. The predicted molar refractivity (Wildman–Crippen MR) is 99.5 cm³/mol. The maximum atomic E-state index is 12.3. The Morgan fingerprint density at radius 1 is 1.12 bits per heavy atom. The Balaban J connectivity index is 2.00. The molecule has 5 heteroatoms. The van der Waals surface area contributed by atoms with Gasteiger partial charge in [-0.2, -0.15) is 0 Å². The number of quaternary nitrogens is 1. The standard InChI is InChI=1S/C20H26N2O3/c1-14-9-10-17(15(2)11-14)21-19(23)13-22(3)12-16-7-6-8-18(24-4)20(16)25-5/h6-11H,12-13H2,1-5H3,(H,21,23)/p+1. The van der Waals surface area contributed by atoms with E-state index in [1.807, 2.05) is 51.2 Å². The van der Waals surface area contributed by atoms with Crippen LogP contribution in [0.3, 0.4) is 0 Å². The molecule has 0 aliphatic carbocycles. The molecule has 0 aromatic heterocycles. The molecule has 0 radical (unpaired) electrons. The zero-order valence-corrected chi connectivity index (χ0v) is 15.6. The van der Waals surface area contributed by atoms with Crippen LogP contribution in [0.15, 0.2) is 36.4 Å². The summed E-state index contributed by atoms with van der Waals surface area (Å²) in [7, 11) is 5.24. The minimum absolute atomic E-state index is 0.00804. The first-order chi connectivity index (χ1) is 11.9. The Hall–Kier alpha value is -2.53. The summed E-state index contributed by atoms with van der Waals surface area (Å²) in [5.41, 5.74) is 4.13. The van der Waals surface area contributed by atoms with Crippen molar-refractivity contribution >= 4 is 11.6 Å². The zero-order valence-electron chi connectivity index (χ0n) is 15.6. The van der Waals surface area contributed by atoms with Gasteiger partial charge in [0.05, 0.1) is 26.8 Å². The van der Waals surface area contributed by atoms with Gasteiger partial charge < -0.3 is 19.7 Å². The first-order valence-corrected chi connectivity index (χ1v) is 8.33. The third-order valence-electron chi connectivity index (χ3n) is 4.10. The Labute approximate surface area is 149 Å². The van der Waals surface area contributed by atoms with Crippen LogP contribution >= 0.6 is 0 Å². The highest BCUT2D eigenvalue weighted by Gasteiger charge is 2.16. The third kappa shape index (κ3) is 4.97. The lowest BCUT2D eigenvalue weighted by Gasteiger charge is -2.17. The smallest absolute Gasteiger partial charge is 0.279 e. The number of anilines is 1. The largest absolute Gasteiger partial charge is 0.493 e. The number of hydrogen-bond acceptors (Lipinski definition) is 3. The highest BCUT2D eigenvalue weighted by molar-refractivity contribution is 5.92. The molecule has 134 valence electrons. The van der Waals surface area contributed by atoms with E-state index in [9.17, 15) is 4.79 Å². The normalized spacial score (nSPS) is 11.7. The Kier molecular flexibility index (Phi) is 6.42. The molecule has 0 saturated carbocycles. The van der Waals surface area contributed by atoms with E-state index in [4.69, 9.17) is 9.47 Å². The number of ether oxygens (including phenoxy) is 2. The molecule has 2 N–H and O–H groups in total. The molecule has 0 bridgehead atoms. The number of nitrogens with one attached hydrogen (secondary N) is 2. The van der Waals surface area contributed by atoms with E-state index in [2.05, 4.69) is 11.4 Å². The summed E-state index contributed by atoms with van der Waals surface area (Å²) in [6.45, 7) is 5.08. The number of aryl methyl sites for hydroxylation is 2. The van der Waals surface area contributed by atoms with Crippen molar-refractivity contribution in [3.63, 3.8) is 0 Å². The highest BCUT2D eigenvalue weighted by Crippen LogP contribution is 2.30. The van der Waals surface area contributed by atoms with E-state index in [0.717, 1.165) is 27.5 Å². The SMILES string of the molecule is COc1cccc(C[NH+](C)CC(=O)Nc2ccc(C)cc2C)c1OC. The fourth-order valence-corrected chi connectivity index (χ4v) is 2.90. The number of benzene rings is 2. The summed E-state index contributed by atoms with van der Waals surface area (Å²) >= 11 is 0. The van der Waals surface area contributed by atoms with Crippen molar-refractivity contribution in [1.29, 1.82) is 0 Å². The molecule has 0 aliphatic heterocycles. The van der Waals surface area contributed by atoms with Crippen LogP contribution in [0.2, 0.25) is 0 Å². The number of rotatable bonds is 7. The number of likely N-dealkylation sites (N-methyl/N-ethyl adjacent to an activating group) is 1. The van der Waals surface area contributed by atoms with Crippen LogP contribution in [0.25, 0.3) is 0 Å². The molecule has 25 heavy (non-hydrogen) atoms. The average Bonchev–Trinajstić information content (AvgIpc) is 2.57. The molecule has 1 unspecified atom stereocenters. The van der Waals surface area contributed by atoms with Gasteiger partial charge in [0.25, 0.3) is 5.91 Å². The van der Waals surface area contributed by atoms with E-state index in [0.29, 0.717) is 18.8 Å². The first kappa shape index (κ1) is 18.8. The van der Waals surface area contributed by atoms with Crippen LogP contribution in [0.4, 0.5) is 5.69 Å². The van der Waals surface area contributed by atoms with Crippen molar-refractivity contribution < 1.29 is 19.2 Å². The monoisotopic (exact) mass is 343 g/mol. The van der Waals surface area contributed by atoms with E-state index in [1.54, 1.807) is 14.2 Å². The van der Waals surface area contributed by atoms with Gasteiger partial charge in [-0.1, -0.05) is 23.8 Å². The fraction of sp³-hybridized carbons (Fsp3) is 0.350. The van der Waals surface area contributed by atoms with Gasteiger partial charge in [-0.3, -0.25) is 4.79 Å². The minimum Gasteiger partial charge on any atom is -0.493 e. The van der Waals surface area contributed by atoms with Crippen molar-refractivity contribution in [3.05, 3.63) is 53.1 Å². The molecule has 2 aromatic carbocycles. The van der Waals surface area contributed by atoms with Crippen LogP contribution in [0.1, 0.15) is 16.7 Å². The molecule has 2 rings (SSSR count). The molecule has 1 amide bonds. The van der Waals surface area contributed by atoms with E-state index >= 15 is 0 Å². The fourth-order valence-electron chi connectivity index (χ4n) is 2.90. The number of methoxy groups -OCH3 is 2. The Morgan fingerprint density at radius 3 is 2.52 bits per heavy atom. The van der Waals surface area contributed by atoms with Crippen LogP contribution in [0.5, 0.6) is 11.5 Å². The van der Waals surface area contributed by atoms with Crippen LogP contribution in [0, 0.1) is 13.8 Å². The summed E-state index contributed by atoms with van der Waals surface area (Å²) in [6, 6.07) is 11.8. The van der Waals surface area contributed by atoms with Crippen LogP contribution in [-0.2, 0) is 11.3 Å². The van der Waals surface area contributed by atoms with Crippen LogP contribution < -0.4 is 19.7 Å². The van der Waals surface area contributed by atoms with Gasteiger partial charge >= 0.3 is 0 Å². The maximum Gasteiger partial charge on any atom is 0.279 e. The molecule has 0 fully saturated rings. The Morgan fingerprint density at radius 2 is 1.88 bits per heavy atom. The van der Waals surface area contributed by atoms with Crippen LogP contribution in [-0.4, -0.2) is 33.7 Å². The molecule has 1 atom stereocenters. The minimum atomic E-state index is -0.00804. The number of hydrogen-bond donors (Lipinski definition) is 2. The summed E-state index contributed by atoms with van der Waals surface area (Å²) in [5, 5.41) is 2.99.